The molecule has 1 aliphatic rings. The number of benzene rings is 1. The minimum absolute atomic E-state index is 0.0347. The first-order valence-electron chi connectivity index (χ1n) is 9.18. The smallest absolute Gasteiger partial charge is 0.417 e. The van der Waals surface area contributed by atoms with Gasteiger partial charge in [0.25, 0.3) is 5.91 Å². The summed E-state index contributed by atoms with van der Waals surface area (Å²) in [5, 5.41) is 11.9. The Labute approximate surface area is 169 Å². The lowest BCUT2D eigenvalue weighted by Gasteiger charge is -2.63. The van der Waals surface area contributed by atoms with E-state index in [1.807, 2.05) is 27.7 Å². The molecule has 1 aliphatic carbocycles. The Balaban J connectivity index is 2.28. The van der Waals surface area contributed by atoms with Gasteiger partial charge in [-0.25, -0.2) is 0 Å². The van der Waals surface area contributed by atoms with Crippen LogP contribution >= 0.6 is 0 Å². The Morgan fingerprint density at radius 2 is 1.86 bits per heavy atom. The van der Waals surface area contributed by atoms with Crippen molar-refractivity contribution in [2.45, 2.75) is 52.9 Å². The maximum atomic E-state index is 13.2. The van der Waals surface area contributed by atoms with Crippen molar-refractivity contribution >= 4 is 5.91 Å². The molecule has 0 unspecified atom stereocenters. The molecular formula is C22H25F3N2O2. The Morgan fingerprint density at radius 3 is 2.31 bits per heavy atom. The van der Waals surface area contributed by atoms with Crippen LogP contribution in [0.25, 0.3) is 0 Å². The van der Waals surface area contributed by atoms with E-state index in [0.29, 0.717) is 5.57 Å². The molecule has 4 nitrogen and oxygen atoms in total. The summed E-state index contributed by atoms with van der Waals surface area (Å²) in [7, 11) is 0. The van der Waals surface area contributed by atoms with Crippen molar-refractivity contribution in [3.63, 3.8) is 0 Å². The minimum Gasteiger partial charge on any atom is -0.489 e. The second-order valence-corrected chi connectivity index (χ2v) is 8.31. The van der Waals surface area contributed by atoms with Crippen LogP contribution in [0.3, 0.4) is 0 Å². The van der Waals surface area contributed by atoms with Crippen LogP contribution in [0.1, 0.15) is 45.7 Å². The van der Waals surface area contributed by atoms with E-state index < -0.39 is 34.2 Å². The third-order valence-electron chi connectivity index (χ3n) is 5.58. The van der Waals surface area contributed by atoms with Crippen LogP contribution < -0.4 is 10.1 Å². The van der Waals surface area contributed by atoms with E-state index in [1.165, 1.54) is 12.1 Å². The molecular weight excluding hydrogens is 381 g/mol. The van der Waals surface area contributed by atoms with Gasteiger partial charge in [0.1, 0.15) is 11.9 Å². The van der Waals surface area contributed by atoms with Crippen LogP contribution in [0.5, 0.6) is 5.75 Å². The number of nitrogens with zero attached hydrogens (tertiary/aromatic N) is 1. The van der Waals surface area contributed by atoms with Crippen LogP contribution in [0.15, 0.2) is 42.5 Å². The van der Waals surface area contributed by atoms with Gasteiger partial charge in [-0.2, -0.15) is 18.4 Å². The zero-order valence-electron chi connectivity index (χ0n) is 17.1. The highest BCUT2D eigenvalue weighted by molar-refractivity contribution is 5.96. The quantitative estimate of drug-likeness (QED) is 0.552. The molecule has 0 aliphatic heterocycles. The van der Waals surface area contributed by atoms with Gasteiger partial charge in [-0.05, 0) is 25.1 Å². The summed E-state index contributed by atoms with van der Waals surface area (Å²) < 4.78 is 45.6. The Hall–Kier alpha value is -2.75. The third-order valence-corrected chi connectivity index (χ3v) is 5.58. The van der Waals surface area contributed by atoms with E-state index in [1.54, 1.807) is 19.1 Å². The Kier molecular flexibility index (Phi) is 5.89. The predicted octanol–water partition coefficient (Wildman–Crippen LogP) is 5.01. The van der Waals surface area contributed by atoms with Crippen LogP contribution in [0.2, 0.25) is 0 Å². The van der Waals surface area contributed by atoms with Gasteiger partial charge in [-0.3, -0.25) is 4.79 Å². The van der Waals surface area contributed by atoms with Gasteiger partial charge in [0.15, 0.2) is 0 Å². The van der Waals surface area contributed by atoms with Gasteiger partial charge in [-0.15, -0.1) is 0 Å². The summed E-state index contributed by atoms with van der Waals surface area (Å²) >= 11 is 0. The molecule has 0 saturated heterocycles. The molecule has 0 aromatic heterocycles. The fraction of sp³-hybridized carbons (Fsp3) is 0.455. The normalized spacial score (nSPS) is 22.8. The van der Waals surface area contributed by atoms with Crippen LogP contribution in [0.4, 0.5) is 13.2 Å². The molecule has 1 N–H and O–H groups in total. The SMILES string of the molecule is C=C/C(=C\C)C(=O)N[C@H]1C(C)(C)[C@H](Oc2ccc(C#N)c(C(F)(F)F)c2)C1(C)C. The van der Waals surface area contributed by atoms with Gasteiger partial charge in [0.2, 0.25) is 0 Å². The van der Waals surface area contributed by atoms with E-state index in [2.05, 4.69) is 11.9 Å². The van der Waals surface area contributed by atoms with Gasteiger partial charge in [0.05, 0.1) is 17.2 Å². The first-order chi connectivity index (χ1) is 13.3. The number of hydrogen-bond acceptors (Lipinski definition) is 3. The molecule has 29 heavy (non-hydrogen) atoms. The first-order valence-corrected chi connectivity index (χ1v) is 9.18. The molecule has 0 atom stereocenters. The highest BCUT2D eigenvalue weighted by Gasteiger charge is 2.64. The van der Waals surface area contributed by atoms with Crippen molar-refractivity contribution in [1.29, 1.82) is 5.26 Å². The largest absolute Gasteiger partial charge is 0.489 e. The number of amides is 1. The van der Waals surface area contributed by atoms with Gasteiger partial charge >= 0.3 is 6.18 Å². The topological polar surface area (TPSA) is 62.1 Å². The molecule has 1 aromatic rings. The molecule has 2 rings (SSSR count). The zero-order valence-corrected chi connectivity index (χ0v) is 17.1. The van der Waals surface area contributed by atoms with Crippen LogP contribution in [-0.2, 0) is 11.0 Å². The van der Waals surface area contributed by atoms with Crippen molar-refractivity contribution in [3.8, 4) is 11.8 Å². The standard InChI is InChI=1S/C22H25F3N2O2/c1-7-13(8-2)17(28)27-18-20(3,4)19(21(18,5)6)29-15-10-9-14(12-26)16(11-15)22(23,24)25/h7-11,18-19H,1H2,2-6H3,(H,27,28)/b13-8+/t18-,19-. The lowest BCUT2D eigenvalue weighted by atomic mass is 9.49. The van der Waals surface area contributed by atoms with E-state index in [9.17, 15) is 18.0 Å². The summed E-state index contributed by atoms with van der Waals surface area (Å²) in [4.78, 5) is 12.4. The number of nitriles is 1. The second-order valence-electron chi connectivity index (χ2n) is 8.31. The Morgan fingerprint density at radius 1 is 1.28 bits per heavy atom. The number of nitrogens with one attached hydrogen (secondary N) is 1. The summed E-state index contributed by atoms with van der Waals surface area (Å²) in [5.74, 6) is -0.225. The average molecular weight is 406 g/mol. The monoisotopic (exact) mass is 406 g/mol. The molecule has 0 heterocycles. The maximum Gasteiger partial charge on any atom is 0.417 e. The van der Waals surface area contributed by atoms with Gasteiger partial charge < -0.3 is 10.1 Å². The van der Waals surface area contributed by atoms with Gasteiger partial charge in [0, 0.05) is 22.4 Å². The molecule has 1 saturated carbocycles. The van der Waals surface area contributed by atoms with E-state index in [4.69, 9.17) is 10.00 Å². The summed E-state index contributed by atoms with van der Waals surface area (Å²) in [6.07, 6.45) is -1.98. The fourth-order valence-corrected chi connectivity index (χ4v) is 4.42. The van der Waals surface area contributed by atoms with E-state index in [0.717, 1.165) is 12.1 Å². The lowest BCUT2D eigenvalue weighted by molar-refractivity contribution is -0.172. The summed E-state index contributed by atoms with van der Waals surface area (Å²) in [6, 6.07) is 4.62. The highest BCUT2D eigenvalue weighted by atomic mass is 19.4. The fourth-order valence-electron chi connectivity index (χ4n) is 4.42. The predicted molar refractivity (Wildman–Crippen MR) is 104 cm³/mol. The molecule has 1 aromatic carbocycles. The molecule has 0 radical (unpaired) electrons. The number of carbonyl (C=O) groups is 1. The molecule has 7 heteroatoms. The van der Waals surface area contributed by atoms with Crippen molar-refractivity contribution in [3.05, 3.63) is 53.6 Å². The number of halogens is 3. The number of rotatable bonds is 5. The van der Waals surface area contributed by atoms with Crippen molar-refractivity contribution in [2.75, 3.05) is 0 Å². The second kappa shape index (κ2) is 7.58. The number of hydrogen-bond donors (Lipinski definition) is 1. The zero-order chi connectivity index (χ0) is 22.2. The number of allylic oxidation sites excluding steroid dienone is 1. The number of alkyl halides is 3. The van der Waals surface area contributed by atoms with Crippen molar-refractivity contribution in [1.82, 2.24) is 5.32 Å². The summed E-state index contributed by atoms with van der Waals surface area (Å²) in [6.45, 7) is 12.9. The number of ether oxygens (including phenoxy) is 1. The molecule has 1 fully saturated rings. The minimum atomic E-state index is -4.65. The average Bonchev–Trinajstić information content (AvgIpc) is 2.63. The molecule has 156 valence electrons. The van der Waals surface area contributed by atoms with E-state index in [-0.39, 0.29) is 17.7 Å². The van der Waals surface area contributed by atoms with Crippen LogP contribution in [0, 0.1) is 22.2 Å². The summed E-state index contributed by atoms with van der Waals surface area (Å²) in [5.41, 5.74) is -2.11. The van der Waals surface area contributed by atoms with Crippen molar-refractivity contribution < 1.29 is 22.7 Å². The maximum absolute atomic E-state index is 13.2. The Bertz CT molecular complexity index is 876. The highest BCUT2D eigenvalue weighted by Crippen LogP contribution is 2.55. The van der Waals surface area contributed by atoms with Crippen LogP contribution in [-0.4, -0.2) is 18.1 Å². The molecule has 0 spiro atoms. The molecule has 1 amide bonds. The first kappa shape index (κ1) is 22.5. The molecule has 0 bridgehead atoms. The third kappa shape index (κ3) is 4.02. The van der Waals surface area contributed by atoms with Gasteiger partial charge in [-0.1, -0.05) is 46.4 Å². The van der Waals surface area contributed by atoms with Crippen molar-refractivity contribution in [2.24, 2.45) is 10.8 Å². The van der Waals surface area contributed by atoms with E-state index >= 15 is 0 Å². The number of carbonyl (C=O) groups excluding carboxylic acids is 1. The lowest BCUT2D eigenvalue weighted by Crippen LogP contribution is -2.74.